The molecule has 2 aromatic carbocycles. The van der Waals surface area contributed by atoms with E-state index in [-0.39, 0.29) is 32.6 Å². The summed E-state index contributed by atoms with van der Waals surface area (Å²) in [7, 11) is 1.51. The Morgan fingerprint density at radius 3 is 2.47 bits per heavy atom. The number of hydrogen-bond donors (Lipinski definition) is 1. The average molecular weight is 486 g/mol. The molecular formula is C20H12ClF4N3O3S. The van der Waals surface area contributed by atoms with Crippen molar-refractivity contribution in [3.05, 3.63) is 84.2 Å². The zero-order chi connectivity index (χ0) is 23.2. The second-order valence-corrected chi connectivity index (χ2v) is 7.94. The number of nitrogens with one attached hydrogen (secondary N) is 1. The molecule has 0 aliphatic heterocycles. The Hall–Kier alpha value is -3.18. The minimum atomic E-state index is -5.32. The molecule has 4 aromatic rings. The predicted octanol–water partition coefficient (Wildman–Crippen LogP) is 4.55. The fourth-order valence-electron chi connectivity index (χ4n) is 3.30. The Bertz CT molecular complexity index is 1440. The first-order chi connectivity index (χ1) is 15.1. The minimum absolute atomic E-state index is 0.0985. The van der Waals surface area contributed by atoms with Gasteiger partial charge in [0.2, 0.25) is 5.82 Å². The Labute approximate surface area is 185 Å². The van der Waals surface area contributed by atoms with Crippen LogP contribution in [0.1, 0.15) is 16.1 Å². The van der Waals surface area contributed by atoms with Gasteiger partial charge in [-0.3, -0.25) is 14.3 Å². The van der Waals surface area contributed by atoms with Crippen LogP contribution in [0.25, 0.3) is 16.6 Å². The van der Waals surface area contributed by atoms with Crippen LogP contribution in [0.4, 0.5) is 17.6 Å². The van der Waals surface area contributed by atoms with Crippen molar-refractivity contribution in [2.45, 2.75) is 12.6 Å². The molecule has 0 aliphatic carbocycles. The van der Waals surface area contributed by atoms with E-state index in [0.717, 1.165) is 23.2 Å². The van der Waals surface area contributed by atoms with Gasteiger partial charge in [0.1, 0.15) is 11.3 Å². The first-order valence-electron chi connectivity index (χ1n) is 8.94. The van der Waals surface area contributed by atoms with Gasteiger partial charge in [0, 0.05) is 16.7 Å². The summed E-state index contributed by atoms with van der Waals surface area (Å²) in [6, 6.07) is 9.38. The summed E-state index contributed by atoms with van der Waals surface area (Å²) in [5, 5.41) is 0.296. The number of methoxy groups -OCH3 is 1. The van der Waals surface area contributed by atoms with Crippen LogP contribution in [-0.4, -0.2) is 21.0 Å². The van der Waals surface area contributed by atoms with Crippen LogP contribution < -0.4 is 16.0 Å². The van der Waals surface area contributed by atoms with Gasteiger partial charge in [0.05, 0.1) is 17.8 Å². The highest BCUT2D eigenvalue weighted by Gasteiger charge is 2.40. The van der Waals surface area contributed by atoms with Crippen molar-refractivity contribution in [1.29, 1.82) is 0 Å². The summed E-state index contributed by atoms with van der Waals surface area (Å²) in [5.74, 6) is -1.49. The number of nitrogens with zero attached hydrogens (tertiary/aromatic N) is 2. The lowest BCUT2D eigenvalue weighted by atomic mass is 10.1. The number of H-pyrrole nitrogens is 1. The van der Waals surface area contributed by atoms with Gasteiger partial charge in [-0.1, -0.05) is 23.7 Å². The van der Waals surface area contributed by atoms with Gasteiger partial charge in [-0.2, -0.15) is 21.9 Å². The lowest BCUT2D eigenvalue weighted by molar-refractivity contribution is -0.145. The lowest BCUT2D eigenvalue weighted by Crippen LogP contribution is -2.37. The summed E-state index contributed by atoms with van der Waals surface area (Å²) < 4.78 is 64.7. The second-order valence-electron chi connectivity index (χ2n) is 6.68. The molecule has 0 saturated carbocycles. The van der Waals surface area contributed by atoms with Gasteiger partial charge >= 0.3 is 11.9 Å². The van der Waals surface area contributed by atoms with Gasteiger partial charge in [0.25, 0.3) is 5.56 Å². The van der Waals surface area contributed by atoms with Crippen molar-refractivity contribution in [2.75, 3.05) is 7.11 Å². The van der Waals surface area contributed by atoms with Crippen molar-refractivity contribution in [1.82, 2.24) is 13.9 Å². The van der Waals surface area contributed by atoms with E-state index in [1.807, 2.05) is 0 Å². The number of aromatic amines is 1. The van der Waals surface area contributed by atoms with Crippen molar-refractivity contribution in [3.63, 3.8) is 0 Å². The molecule has 0 spiro atoms. The molecule has 32 heavy (non-hydrogen) atoms. The largest absolute Gasteiger partial charge is 0.497 e. The van der Waals surface area contributed by atoms with Crippen molar-refractivity contribution in [3.8, 4) is 11.4 Å². The summed E-state index contributed by atoms with van der Waals surface area (Å²) in [4.78, 5) is 26.0. The first kappa shape index (κ1) is 22.0. The highest BCUT2D eigenvalue weighted by atomic mass is 35.5. The van der Waals surface area contributed by atoms with E-state index in [0.29, 0.717) is 10.6 Å². The third-order valence-corrected chi connectivity index (χ3v) is 5.87. The standard InChI is InChI=1S/C20H12ClF4N3O3S/c1-31-10-4-2-9(3-5-10)8-13-14-12(7-6-11(21)16(14)27-32-13)28-17(20(23,24)25)15(22)18(29)26-19(28)30/h2-7H,8H2,1H3,(H,26,29,30). The monoisotopic (exact) mass is 485 g/mol. The summed E-state index contributed by atoms with van der Waals surface area (Å²) in [6.07, 6.45) is -5.07. The fourth-order valence-corrected chi connectivity index (χ4v) is 4.46. The quantitative estimate of drug-likeness (QED) is 0.430. The molecule has 0 fully saturated rings. The third kappa shape index (κ3) is 3.78. The molecule has 0 amide bonds. The molecule has 166 valence electrons. The molecule has 0 bridgehead atoms. The number of benzene rings is 2. The maximum Gasteiger partial charge on any atom is 0.435 e. The van der Waals surface area contributed by atoms with Gasteiger partial charge in [0.15, 0.2) is 5.69 Å². The van der Waals surface area contributed by atoms with Gasteiger partial charge < -0.3 is 4.74 Å². The molecular weight excluding hydrogens is 474 g/mol. The van der Waals surface area contributed by atoms with Crippen LogP contribution in [0.3, 0.4) is 0 Å². The zero-order valence-electron chi connectivity index (χ0n) is 16.1. The van der Waals surface area contributed by atoms with E-state index >= 15 is 0 Å². The number of aromatic nitrogens is 3. The summed E-state index contributed by atoms with van der Waals surface area (Å²) in [6.45, 7) is 0. The molecule has 0 aliphatic rings. The topological polar surface area (TPSA) is 77.0 Å². The molecule has 2 aromatic heterocycles. The van der Waals surface area contributed by atoms with E-state index in [1.165, 1.54) is 13.2 Å². The van der Waals surface area contributed by atoms with E-state index in [2.05, 4.69) is 4.37 Å². The van der Waals surface area contributed by atoms with E-state index in [9.17, 15) is 27.2 Å². The number of alkyl halides is 3. The number of halogens is 5. The molecule has 4 rings (SSSR count). The maximum absolute atomic E-state index is 14.3. The third-order valence-electron chi connectivity index (χ3n) is 4.72. The maximum atomic E-state index is 14.3. The minimum Gasteiger partial charge on any atom is -0.497 e. The highest BCUT2D eigenvalue weighted by Crippen LogP contribution is 2.37. The zero-order valence-corrected chi connectivity index (χ0v) is 17.7. The fraction of sp³-hybridized carbons (Fsp3) is 0.150. The molecule has 2 heterocycles. The molecule has 6 nitrogen and oxygen atoms in total. The molecule has 0 atom stereocenters. The summed E-state index contributed by atoms with van der Waals surface area (Å²) >= 11 is 7.17. The van der Waals surface area contributed by atoms with Crippen molar-refractivity contribution in [2.24, 2.45) is 0 Å². The SMILES string of the molecule is COc1ccc(Cc2snc3c(Cl)ccc(-n4c(C(F)(F)F)c(F)c(=O)[nH]c4=O)c23)cc1. The highest BCUT2D eigenvalue weighted by molar-refractivity contribution is 7.07. The number of hydrogen-bond acceptors (Lipinski definition) is 5. The average Bonchev–Trinajstić information content (AvgIpc) is 3.15. The Balaban J connectivity index is 2.00. The molecule has 0 unspecified atom stereocenters. The van der Waals surface area contributed by atoms with Gasteiger partial charge in [-0.25, -0.2) is 4.79 Å². The van der Waals surface area contributed by atoms with Crippen LogP contribution in [0.2, 0.25) is 5.02 Å². The summed E-state index contributed by atoms with van der Waals surface area (Å²) in [5.41, 5.74) is -4.55. The van der Waals surface area contributed by atoms with Gasteiger partial charge in [-0.15, -0.1) is 0 Å². The Morgan fingerprint density at radius 2 is 1.84 bits per heavy atom. The smallest absolute Gasteiger partial charge is 0.435 e. The van der Waals surface area contributed by atoms with Crippen LogP contribution in [-0.2, 0) is 12.6 Å². The van der Waals surface area contributed by atoms with Crippen LogP contribution >= 0.6 is 23.1 Å². The van der Waals surface area contributed by atoms with Crippen molar-refractivity contribution >= 4 is 34.0 Å². The first-order valence-corrected chi connectivity index (χ1v) is 10.1. The second kappa shape index (κ2) is 8.06. The molecule has 0 saturated heterocycles. The van der Waals surface area contributed by atoms with E-state index in [1.54, 1.807) is 29.2 Å². The molecule has 12 heteroatoms. The number of ether oxygens (including phenoxy) is 1. The van der Waals surface area contributed by atoms with E-state index in [4.69, 9.17) is 16.3 Å². The Kier molecular flexibility index (Phi) is 5.55. The molecule has 1 N–H and O–H groups in total. The van der Waals surface area contributed by atoms with Crippen LogP contribution in [0.15, 0.2) is 46.0 Å². The van der Waals surface area contributed by atoms with Gasteiger partial charge in [-0.05, 0) is 41.4 Å². The Morgan fingerprint density at radius 1 is 1.16 bits per heavy atom. The lowest BCUT2D eigenvalue weighted by Gasteiger charge is -2.16. The van der Waals surface area contributed by atoms with Crippen LogP contribution in [0.5, 0.6) is 5.75 Å². The van der Waals surface area contributed by atoms with E-state index < -0.39 is 28.9 Å². The normalized spacial score (nSPS) is 11.8. The van der Waals surface area contributed by atoms with Crippen LogP contribution in [0, 0.1) is 5.82 Å². The van der Waals surface area contributed by atoms with Crippen molar-refractivity contribution < 1.29 is 22.3 Å². The predicted molar refractivity (Wildman–Crippen MR) is 112 cm³/mol. The number of rotatable bonds is 4. The molecule has 0 radical (unpaired) electrons. The number of fused-ring (bicyclic) bond motifs is 1.